The van der Waals surface area contributed by atoms with Gasteiger partial charge in [0.15, 0.2) is 11.5 Å². The first-order chi connectivity index (χ1) is 9.50. The van der Waals surface area contributed by atoms with E-state index in [1.165, 1.54) is 0 Å². The number of nitrogens with two attached hydrogens (primary N) is 1. The van der Waals surface area contributed by atoms with Crippen molar-refractivity contribution in [1.29, 1.82) is 0 Å². The molecule has 4 nitrogen and oxygen atoms in total. The van der Waals surface area contributed by atoms with Gasteiger partial charge in [-0.05, 0) is 44.6 Å². The molecule has 0 aliphatic carbocycles. The minimum atomic E-state index is -0.104. The van der Waals surface area contributed by atoms with E-state index in [0.717, 1.165) is 30.2 Å². The van der Waals surface area contributed by atoms with E-state index < -0.39 is 0 Å². The largest absolute Gasteiger partial charge is 0.486 e. The number of hydrogen-bond acceptors (Lipinski definition) is 4. The van der Waals surface area contributed by atoms with Crippen molar-refractivity contribution < 1.29 is 9.47 Å². The molecule has 1 heterocycles. The van der Waals surface area contributed by atoms with Crippen LogP contribution >= 0.6 is 0 Å². The molecular formula is C16H26N2O2. The van der Waals surface area contributed by atoms with Crippen molar-refractivity contribution in [3.8, 4) is 11.5 Å². The number of ether oxygens (including phenoxy) is 2. The van der Waals surface area contributed by atoms with Crippen LogP contribution in [0, 0.1) is 0 Å². The average Bonchev–Trinajstić information content (AvgIpc) is 2.47. The fourth-order valence-electron chi connectivity index (χ4n) is 2.90. The predicted molar refractivity (Wildman–Crippen MR) is 81.4 cm³/mol. The van der Waals surface area contributed by atoms with Crippen LogP contribution in [-0.2, 0) is 0 Å². The van der Waals surface area contributed by atoms with Gasteiger partial charge in [-0.2, -0.15) is 0 Å². The summed E-state index contributed by atoms with van der Waals surface area (Å²) in [5, 5.41) is 0. The van der Waals surface area contributed by atoms with Gasteiger partial charge in [0.25, 0.3) is 0 Å². The molecule has 1 aliphatic heterocycles. The number of rotatable bonds is 5. The van der Waals surface area contributed by atoms with Crippen LogP contribution in [0.15, 0.2) is 18.2 Å². The summed E-state index contributed by atoms with van der Waals surface area (Å²) in [6, 6.07) is 5.95. The number of hydrogen-bond donors (Lipinski definition) is 1. The van der Waals surface area contributed by atoms with Crippen molar-refractivity contribution in [2.45, 2.75) is 39.3 Å². The Balaban J connectivity index is 2.26. The standard InChI is InChI=1S/C16H26N2O2/c1-5-18(6-2)16(3,4)15(17)12-7-8-13-14(11-12)20-10-9-19-13/h7-8,11,15H,5-6,9-10,17H2,1-4H3. The summed E-state index contributed by atoms with van der Waals surface area (Å²) in [7, 11) is 0. The molecule has 2 N–H and O–H groups in total. The van der Waals surface area contributed by atoms with Gasteiger partial charge in [0.2, 0.25) is 0 Å². The topological polar surface area (TPSA) is 47.7 Å². The Morgan fingerprint density at radius 3 is 2.35 bits per heavy atom. The van der Waals surface area contributed by atoms with Gasteiger partial charge in [-0.3, -0.25) is 4.90 Å². The molecule has 0 saturated heterocycles. The van der Waals surface area contributed by atoms with E-state index in [2.05, 4.69) is 32.6 Å². The van der Waals surface area contributed by atoms with Crippen LogP contribution in [0.2, 0.25) is 0 Å². The molecule has 1 atom stereocenters. The Bertz CT molecular complexity index is 456. The first-order valence-corrected chi connectivity index (χ1v) is 7.40. The smallest absolute Gasteiger partial charge is 0.161 e. The van der Waals surface area contributed by atoms with E-state index >= 15 is 0 Å². The predicted octanol–water partition coefficient (Wildman–Crippen LogP) is 2.58. The zero-order valence-electron chi connectivity index (χ0n) is 13.0. The molecule has 2 rings (SSSR count). The highest BCUT2D eigenvalue weighted by molar-refractivity contribution is 5.45. The third-order valence-electron chi connectivity index (χ3n) is 4.26. The molecule has 0 saturated carbocycles. The van der Waals surface area contributed by atoms with Gasteiger partial charge in [-0.15, -0.1) is 0 Å². The fourth-order valence-corrected chi connectivity index (χ4v) is 2.90. The van der Waals surface area contributed by atoms with E-state index in [-0.39, 0.29) is 11.6 Å². The Kier molecular flexibility index (Phi) is 4.55. The maximum Gasteiger partial charge on any atom is 0.161 e. The lowest BCUT2D eigenvalue weighted by Crippen LogP contribution is -2.51. The lowest BCUT2D eigenvalue weighted by molar-refractivity contribution is 0.106. The second kappa shape index (κ2) is 6.02. The van der Waals surface area contributed by atoms with E-state index in [1.54, 1.807) is 0 Å². The third kappa shape index (κ3) is 2.76. The summed E-state index contributed by atoms with van der Waals surface area (Å²) in [4.78, 5) is 2.38. The van der Waals surface area contributed by atoms with Crippen molar-refractivity contribution >= 4 is 0 Å². The quantitative estimate of drug-likeness (QED) is 0.899. The van der Waals surface area contributed by atoms with Crippen LogP contribution in [0.5, 0.6) is 11.5 Å². The molecule has 1 aliphatic rings. The van der Waals surface area contributed by atoms with Crippen molar-refractivity contribution in [2.75, 3.05) is 26.3 Å². The molecule has 4 heteroatoms. The molecular weight excluding hydrogens is 252 g/mol. The highest BCUT2D eigenvalue weighted by atomic mass is 16.6. The lowest BCUT2D eigenvalue weighted by atomic mass is 9.87. The number of fused-ring (bicyclic) bond motifs is 1. The van der Waals surface area contributed by atoms with Crippen molar-refractivity contribution in [3.63, 3.8) is 0 Å². The van der Waals surface area contributed by atoms with E-state index in [4.69, 9.17) is 15.2 Å². The first kappa shape index (κ1) is 15.1. The number of benzene rings is 1. The van der Waals surface area contributed by atoms with Gasteiger partial charge in [0.05, 0.1) is 0 Å². The van der Waals surface area contributed by atoms with Crippen LogP contribution in [0.4, 0.5) is 0 Å². The molecule has 1 unspecified atom stereocenters. The second-order valence-electron chi connectivity index (χ2n) is 5.71. The number of nitrogens with zero attached hydrogens (tertiary/aromatic N) is 1. The maximum atomic E-state index is 6.52. The molecule has 0 radical (unpaired) electrons. The van der Waals surface area contributed by atoms with Gasteiger partial charge in [-0.1, -0.05) is 19.9 Å². The van der Waals surface area contributed by atoms with E-state index in [1.807, 2.05) is 18.2 Å². The van der Waals surface area contributed by atoms with Gasteiger partial charge >= 0.3 is 0 Å². The molecule has 0 amide bonds. The van der Waals surface area contributed by atoms with Gasteiger partial charge < -0.3 is 15.2 Å². The Hall–Kier alpha value is -1.26. The van der Waals surface area contributed by atoms with Crippen molar-refractivity contribution in [2.24, 2.45) is 5.73 Å². The summed E-state index contributed by atoms with van der Waals surface area (Å²) in [6.45, 7) is 11.9. The van der Waals surface area contributed by atoms with Gasteiger partial charge in [-0.25, -0.2) is 0 Å². The molecule has 0 bridgehead atoms. The molecule has 20 heavy (non-hydrogen) atoms. The van der Waals surface area contributed by atoms with Crippen LogP contribution in [-0.4, -0.2) is 36.7 Å². The highest BCUT2D eigenvalue weighted by Crippen LogP contribution is 2.36. The Labute approximate surface area is 121 Å². The zero-order chi connectivity index (χ0) is 14.8. The van der Waals surface area contributed by atoms with Crippen molar-refractivity contribution in [3.05, 3.63) is 23.8 Å². The van der Waals surface area contributed by atoms with Crippen molar-refractivity contribution in [1.82, 2.24) is 4.90 Å². The Morgan fingerprint density at radius 2 is 1.75 bits per heavy atom. The fraction of sp³-hybridized carbons (Fsp3) is 0.625. The molecule has 1 aromatic rings. The maximum absolute atomic E-state index is 6.52. The van der Waals surface area contributed by atoms with Crippen LogP contribution in [0.3, 0.4) is 0 Å². The van der Waals surface area contributed by atoms with E-state index in [9.17, 15) is 0 Å². The van der Waals surface area contributed by atoms with Crippen LogP contribution < -0.4 is 15.2 Å². The minimum absolute atomic E-state index is 0.0711. The summed E-state index contributed by atoms with van der Waals surface area (Å²) >= 11 is 0. The highest BCUT2D eigenvalue weighted by Gasteiger charge is 2.33. The molecule has 1 aromatic carbocycles. The normalized spacial score (nSPS) is 16.3. The van der Waals surface area contributed by atoms with E-state index in [0.29, 0.717) is 13.2 Å². The molecule has 112 valence electrons. The minimum Gasteiger partial charge on any atom is -0.486 e. The van der Waals surface area contributed by atoms with Gasteiger partial charge in [0.1, 0.15) is 13.2 Å². The second-order valence-corrected chi connectivity index (χ2v) is 5.71. The summed E-state index contributed by atoms with van der Waals surface area (Å²) in [5.41, 5.74) is 7.51. The third-order valence-corrected chi connectivity index (χ3v) is 4.26. The Morgan fingerprint density at radius 1 is 1.15 bits per heavy atom. The SMILES string of the molecule is CCN(CC)C(C)(C)C(N)c1ccc2c(c1)OCCO2. The molecule has 0 aromatic heterocycles. The average molecular weight is 278 g/mol. The summed E-state index contributed by atoms with van der Waals surface area (Å²) in [6.07, 6.45) is 0. The molecule has 0 fully saturated rings. The monoisotopic (exact) mass is 278 g/mol. The lowest BCUT2D eigenvalue weighted by Gasteiger charge is -2.42. The molecule has 0 spiro atoms. The van der Waals surface area contributed by atoms with Crippen LogP contribution in [0.1, 0.15) is 39.3 Å². The zero-order valence-corrected chi connectivity index (χ0v) is 13.0. The van der Waals surface area contributed by atoms with Gasteiger partial charge in [0, 0.05) is 11.6 Å². The summed E-state index contributed by atoms with van der Waals surface area (Å²) in [5.74, 6) is 1.62. The van der Waals surface area contributed by atoms with Crippen LogP contribution in [0.25, 0.3) is 0 Å². The number of likely N-dealkylation sites (N-methyl/N-ethyl adjacent to an activating group) is 1. The summed E-state index contributed by atoms with van der Waals surface area (Å²) < 4.78 is 11.2. The first-order valence-electron chi connectivity index (χ1n) is 7.40.